The molecular formula is C15H13ClFN3O. The molecule has 3 rings (SSSR count). The van der Waals surface area contributed by atoms with Crippen molar-refractivity contribution in [1.29, 1.82) is 0 Å². The van der Waals surface area contributed by atoms with Gasteiger partial charge in [-0.15, -0.1) is 0 Å². The van der Waals surface area contributed by atoms with Crippen LogP contribution in [0.3, 0.4) is 0 Å². The minimum atomic E-state index is -0.444. The molecule has 2 aromatic rings. The van der Waals surface area contributed by atoms with Crippen molar-refractivity contribution in [3.8, 4) is 0 Å². The predicted octanol–water partition coefficient (Wildman–Crippen LogP) is 2.74. The van der Waals surface area contributed by atoms with Gasteiger partial charge in [-0.25, -0.2) is 14.4 Å². The SMILES string of the molecule is O=C(CCc1ccc(F)c(Cl)c1)N1Cc2cncnc2C1. The fourth-order valence-corrected chi connectivity index (χ4v) is 2.58. The normalized spacial score (nSPS) is 13.3. The van der Waals surface area contributed by atoms with E-state index >= 15 is 0 Å². The van der Waals surface area contributed by atoms with Gasteiger partial charge < -0.3 is 4.90 Å². The van der Waals surface area contributed by atoms with Gasteiger partial charge in [0.05, 0.1) is 17.3 Å². The minimum absolute atomic E-state index is 0.0495. The topological polar surface area (TPSA) is 46.1 Å². The number of amides is 1. The molecule has 0 radical (unpaired) electrons. The van der Waals surface area contributed by atoms with Gasteiger partial charge in [-0.2, -0.15) is 0 Å². The van der Waals surface area contributed by atoms with Gasteiger partial charge in [-0.05, 0) is 24.1 Å². The molecule has 0 fully saturated rings. The molecule has 0 spiro atoms. The maximum Gasteiger partial charge on any atom is 0.223 e. The van der Waals surface area contributed by atoms with Crippen LogP contribution in [0.15, 0.2) is 30.7 Å². The van der Waals surface area contributed by atoms with E-state index in [-0.39, 0.29) is 10.9 Å². The largest absolute Gasteiger partial charge is 0.332 e. The zero-order chi connectivity index (χ0) is 14.8. The van der Waals surface area contributed by atoms with Crippen LogP contribution < -0.4 is 0 Å². The summed E-state index contributed by atoms with van der Waals surface area (Å²) in [5.41, 5.74) is 2.75. The molecule has 0 bridgehead atoms. The summed E-state index contributed by atoms with van der Waals surface area (Å²) in [6.45, 7) is 1.08. The molecule has 0 aliphatic carbocycles. The summed E-state index contributed by atoms with van der Waals surface area (Å²) in [5.74, 6) is -0.395. The second-order valence-corrected chi connectivity index (χ2v) is 5.40. The average molecular weight is 306 g/mol. The quantitative estimate of drug-likeness (QED) is 0.876. The molecule has 108 valence electrons. The van der Waals surface area contributed by atoms with Crippen molar-refractivity contribution in [2.24, 2.45) is 0 Å². The Morgan fingerprint density at radius 2 is 2.24 bits per heavy atom. The second-order valence-electron chi connectivity index (χ2n) is 4.99. The van der Waals surface area contributed by atoms with Gasteiger partial charge in [0, 0.05) is 24.7 Å². The lowest BCUT2D eigenvalue weighted by Crippen LogP contribution is -2.25. The highest BCUT2D eigenvalue weighted by Crippen LogP contribution is 2.21. The number of aromatic nitrogens is 2. The van der Waals surface area contributed by atoms with E-state index in [0.29, 0.717) is 25.9 Å². The number of hydrogen-bond acceptors (Lipinski definition) is 3. The summed E-state index contributed by atoms with van der Waals surface area (Å²) in [6.07, 6.45) is 4.14. The highest BCUT2D eigenvalue weighted by molar-refractivity contribution is 6.30. The lowest BCUT2D eigenvalue weighted by atomic mass is 10.1. The van der Waals surface area contributed by atoms with Crippen LogP contribution in [0.25, 0.3) is 0 Å². The number of aryl methyl sites for hydroxylation is 1. The Kier molecular flexibility index (Phi) is 3.84. The van der Waals surface area contributed by atoms with E-state index in [1.54, 1.807) is 23.2 Å². The van der Waals surface area contributed by atoms with Gasteiger partial charge in [0.1, 0.15) is 12.1 Å². The van der Waals surface area contributed by atoms with Gasteiger partial charge in [0.2, 0.25) is 5.91 Å². The number of benzene rings is 1. The van der Waals surface area contributed by atoms with Crippen LogP contribution in [0.2, 0.25) is 5.02 Å². The Bertz CT molecular complexity index is 667. The van der Waals surface area contributed by atoms with Gasteiger partial charge in [0.15, 0.2) is 0 Å². The van der Waals surface area contributed by atoms with E-state index in [2.05, 4.69) is 9.97 Å². The number of nitrogens with zero attached hydrogens (tertiary/aromatic N) is 3. The van der Waals surface area contributed by atoms with Crippen LogP contribution in [-0.2, 0) is 24.3 Å². The molecule has 0 unspecified atom stereocenters. The summed E-state index contributed by atoms with van der Waals surface area (Å²) < 4.78 is 13.1. The van der Waals surface area contributed by atoms with E-state index < -0.39 is 5.82 Å². The molecule has 1 aromatic heterocycles. The first-order valence-electron chi connectivity index (χ1n) is 6.63. The molecule has 6 heteroatoms. The van der Waals surface area contributed by atoms with Crippen molar-refractivity contribution in [3.63, 3.8) is 0 Å². The van der Waals surface area contributed by atoms with E-state index in [1.165, 1.54) is 12.4 Å². The van der Waals surface area contributed by atoms with E-state index in [1.807, 2.05) is 0 Å². The molecular weight excluding hydrogens is 293 g/mol. The number of rotatable bonds is 3. The third kappa shape index (κ3) is 3.03. The van der Waals surface area contributed by atoms with Crippen LogP contribution in [-0.4, -0.2) is 20.8 Å². The third-order valence-electron chi connectivity index (χ3n) is 3.55. The Morgan fingerprint density at radius 1 is 1.38 bits per heavy atom. The molecule has 1 aromatic carbocycles. The van der Waals surface area contributed by atoms with Crippen molar-refractivity contribution >= 4 is 17.5 Å². The summed E-state index contributed by atoms with van der Waals surface area (Å²) in [6, 6.07) is 4.54. The predicted molar refractivity (Wildman–Crippen MR) is 76.0 cm³/mol. The number of halogens is 2. The first-order valence-corrected chi connectivity index (χ1v) is 7.01. The van der Waals surface area contributed by atoms with Crippen LogP contribution in [0.1, 0.15) is 23.2 Å². The van der Waals surface area contributed by atoms with Crippen molar-refractivity contribution in [3.05, 3.63) is 58.4 Å². The zero-order valence-corrected chi connectivity index (χ0v) is 12.0. The highest BCUT2D eigenvalue weighted by atomic mass is 35.5. The van der Waals surface area contributed by atoms with E-state index in [9.17, 15) is 9.18 Å². The monoisotopic (exact) mass is 305 g/mol. The molecule has 1 aliphatic rings. The highest BCUT2D eigenvalue weighted by Gasteiger charge is 2.23. The maximum absolute atomic E-state index is 13.1. The molecule has 0 N–H and O–H groups in total. The molecule has 2 heterocycles. The Labute approximate surface area is 126 Å². The molecule has 1 amide bonds. The minimum Gasteiger partial charge on any atom is -0.332 e. The lowest BCUT2D eigenvalue weighted by molar-refractivity contribution is -0.131. The number of fused-ring (bicyclic) bond motifs is 1. The third-order valence-corrected chi connectivity index (χ3v) is 3.84. The van der Waals surface area contributed by atoms with Crippen molar-refractivity contribution in [2.75, 3.05) is 0 Å². The lowest BCUT2D eigenvalue weighted by Gasteiger charge is -2.15. The first-order chi connectivity index (χ1) is 10.1. The van der Waals surface area contributed by atoms with Gasteiger partial charge in [-0.1, -0.05) is 17.7 Å². The molecule has 1 aliphatic heterocycles. The van der Waals surface area contributed by atoms with Crippen molar-refractivity contribution in [2.45, 2.75) is 25.9 Å². The van der Waals surface area contributed by atoms with Crippen LogP contribution in [0.4, 0.5) is 4.39 Å². The smallest absolute Gasteiger partial charge is 0.223 e. The second kappa shape index (κ2) is 5.77. The molecule has 0 atom stereocenters. The zero-order valence-electron chi connectivity index (χ0n) is 11.2. The number of carbonyl (C=O) groups is 1. The average Bonchev–Trinajstić information content (AvgIpc) is 2.92. The van der Waals surface area contributed by atoms with Crippen molar-refractivity contribution < 1.29 is 9.18 Å². The first kappa shape index (κ1) is 13.9. The Morgan fingerprint density at radius 3 is 3.00 bits per heavy atom. The Hall–Kier alpha value is -2.01. The fraction of sp³-hybridized carbons (Fsp3) is 0.267. The van der Waals surface area contributed by atoms with Gasteiger partial charge in [0.25, 0.3) is 0 Å². The molecule has 0 saturated carbocycles. The molecule has 4 nitrogen and oxygen atoms in total. The van der Waals surface area contributed by atoms with Gasteiger partial charge in [-0.3, -0.25) is 4.79 Å². The van der Waals surface area contributed by atoms with Crippen LogP contribution in [0, 0.1) is 5.82 Å². The summed E-state index contributed by atoms with van der Waals surface area (Å²) >= 11 is 5.73. The molecule has 0 saturated heterocycles. The standard InChI is InChI=1S/C15H13ClFN3O/c16-12-5-10(1-3-13(12)17)2-4-15(21)20-7-11-6-18-9-19-14(11)8-20/h1,3,5-6,9H,2,4,7-8H2. The maximum atomic E-state index is 13.1. The van der Waals surface area contributed by atoms with Crippen molar-refractivity contribution in [1.82, 2.24) is 14.9 Å². The van der Waals surface area contributed by atoms with E-state index in [0.717, 1.165) is 16.8 Å². The van der Waals surface area contributed by atoms with Crippen LogP contribution in [0.5, 0.6) is 0 Å². The molecule has 21 heavy (non-hydrogen) atoms. The fourth-order valence-electron chi connectivity index (χ4n) is 2.38. The number of hydrogen-bond donors (Lipinski definition) is 0. The van der Waals surface area contributed by atoms with Crippen LogP contribution >= 0.6 is 11.6 Å². The van der Waals surface area contributed by atoms with E-state index in [4.69, 9.17) is 11.6 Å². The summed E-state index contributed by atoms with van der Waals surface area (Å²) in [5, 5.41) is 0.0869. The summed E-state index contributed by atoms with van der Waals surface area (Å²) in [7, 11) is 0. The Balaban J connectivity index is 1.59. The van der Waals surface area contributed by atoms with Gasteiger partial charge >= 0.3 is 0 Å². The summed E-state index contributed by atoms with van der Waals surface area (Å²) in [4.78, 5) is 22.1. The number of carbonyl (C=O) groups excluding carboxylic acids is 1.